The fourth-order valence-corrected chi connectivity index (χ4v) is 7.41. The van der Waals surface area contributed by atoms with Crippen LogP contribution in [-0.4, -0.2) is 146 Å². The van der Waals surface area contributed by atoms with E-state index in [-0.39, 0.29) is 78.4 Å². The molecule has 4 aromatic rings. The third-order valence-corrected chi connectivity index (χ3v) is 11.0. The van der Waals surface area contributed by atoms with Crippen LogP contribution in [0.4, 0.5) is 11.9 Å². The van der Waals surface area contributed by atoms with Crippen LogP contribution in [0.3, 0.4) is 0 Å². The van der Waals surface area contributed by atoms with Crippen LogP contribution in [0.25, 0.3) is 22.3 Å². The minimum atomic E-state index is -4.15. The number of ether oxygens (including phenoxy) is 4. The zero-order valence-electron chi connectivity index (χ0n) is 32.8. The summed E-state index contributed by atoms with van der Waals surface area (Å²) < 4.78 is 58.4. The van der Waals surface area contributed by atoms with Crippen LogP contribution in [0.1, 0.15) is 20.8 Å². The standard InChI is InChI=1S/C17H26N5O7PS2.C9H14N5O5P.C4H8O2S/c1-12(23)31-8-6-28-30(25,29-7-9-32-13(2)24)11-27-5-4-22-10-19-14-15(22)20-17(18)21-16(14)26-3;1-18-8-6-7(12-9(10)13-8)14(4-11-6)2-3-19-5-20(15,16)17;1-4(6)7-3-2-5/h10H,4-9,11H2,1-3H3,(H2,18,20,21);4H,2-3,5H2,1H3,(H2,10,12,13)(H2,15,16,17);5H,2-3H2,1H3. The number of carbonyl (C=O) groups excluding carboxylic acids is 3. The molecule has 0 amide bonds. The molecule has 0 fully saturated rings. The number of rotatable bonds is 22. The molecule has 59 heavy (non-hydrogen) atoms. The summed E-state index contributed by atoms with van der Waals surface area (Å²) in [5.41, 5.74) is 13.1. The maximum Gasteiger partial charge on any atom is 0.356 e. The molecule has 0 aliphatic carbocycles. The van der Waals surface area contributed by atoms with Gasteiger partial charge in [0.25, 0.3) is 0 Å². The lowest BCUT2D eigenvalue weighted by molar-refractivity contribution is -0.109. The van der Waals surface area contributed by atoms with Gasteiger partial charge in [-0.1, -0.05) is 35.3 Å². The summed E-state index contributed by atoms with van der Waals surface area (Å²) in [6.45, 7) is 5.51. The average Bonchev–Trinajstić information content (AvgIpc) is 3.77. The first kappa shape index (κ1) is 51.7. The molecule has 4 aromatic heterocycles. The summed E-state index contributed by atoms with van der Waals surface area (Å²) in [4.78, 5) is 73.9. The fraction of sp³-hybridized carbons (Fsp3) is 0.567. The minimum absolute atomic E-state index is 0.0484. The number of fused-ring (bicyclic) bond motifs is 2. The van der Waals surface area contributed by atoms with E-state index in [1.54, 1.807) is 15.5 Å². The van der Waals surface area contributed by atoms with Gasteiger partial charge in [-0.15, -0.1) is 0 Å². The van der Waals surface area contributed by atoms with Crippen LogP contribution in [0.15, 0.2) is 12.7 Å². The maximum atomic E-state index is 13.0. The van der Waals surface area contributed by atoms with Gasteiger partial charge in [-0.05, 0) is 0 Å². The number of methoxy groups -OCH3 is 2. The number of aliphatic hydroxyl groups excluding tert-OH is 1. The molecule has 0 spiro atoms. The highest BCUT2D eigenvalue weighted by molar-refractivity contribution is 8.14. The van der Waals surface area contributed by atoms with Crippen molar-refractivity contribution in [2.45, 2.75) is 33.9 Å². The second-order valence-corrected chi connectivity index (χ2v) is 18.6. The first-order valence-electron chi connectivity index (χ1n) is 17.1. The number of anilines is 2. The second-order valence-electron chi connectivity index (χ2n) is 11.2. The number of hydrogen-bond donors (Lipinski definition) is 5. The minimum Gasteiger partial charge on any atom is -0.479 e. The number of thioether (sulfide) groups is 3. The van der Waals surface area contributed by atoms with E-state index in [1.165, 1.54) is 41.3 Å². The number of nitrogen functional groups attached to an aromatic ring is 2. The molecule has 0 saturated carbocycles. The molecule has 0 saturated heterocycles. The molecule has 24 nitrogen and oxygen atoms in total. The topological polar surface area (TPSA) is 341 Å². The largest absolute Gasteiger partial charge is 0.479 e. The van der Waals surface area contributed by atoms with Crippen molar-refractivity contribution < 1.29 is 66.4 Å². The van der Waals surface area contributed by atoms with E-state index in [9.17, 15) is 23.5 Å². The summed E-state index contributed by atoms with van der Waals surface area (Å²) in [5.74, 6) is 1.84. The van der Waals surface area contributed by atoms with Crippen LogP contribution in [-0.2, 0) is 55.1 Å². The molecule has 0 unspecified atom stereocenters. The molecule has 0 aliphatic rings. The van der Waals surface area contributed by atoms with E-state index in [1.807, 2.05) is 0 Å². The molecule has 4 heterocycles. The summed E-state index contributed by atoms with van der Waals surface area (Å²) in [6.07, 6.45) is 2.15. The molecule has 0 atom stereocenters. The molecule has 29 heteroatoms. The molecule has 0 radical (unpaired) electrons. The predicted octanol–water partition coefficient (Wildman–Crippen LogP) is 2.00. The molecule has 4 rings (SSSR count). The number of nitrogens with two attached hydrogens (primary N) is 2. The van der Waals surface area contributed by atoms with Gasteiger partial charge in [0.2, 0.25) is 23.7 Å². The summed E-state index contributed by atoms with van der Waals surface area (Å²) in [7, 11) is -4.82. The van der Waals surface area contributed by atoms with Crippen LogP contribution in [0, 0.1) is 0 Å². The number of imidazole rings is 2. The predicted molar refractivity (Wildman–Crippen MR) is 222 cm³/mol. The van der Waals surface area contributed by atoms with Crippen LogP contribution < -0.4 is 20.9 Å². The van der Waals surface area contributed by atoms with Gasteiger partial charge in [0, 0.05) is 51.1 Å². The van der Waals surface area contributed by atoms with Crippen molar-refractivity contribution in [3.05, 3.63) is 12.7 Å². The first-order valence-corrected chi connectivity index (χ1v) is 23.5. The third-order valence-electron chi connectivity index (χ3n) is 6.50. The Bertz CT molecular complexity index is 2030. The van der Waals surface area contributed by atoms with Gasteiger partial charge >= 0.3 is 15.2 Å². The quantitative estimate of drug-likeness (QED) is 0.0556. The lowest BCUT2D eigenvalue weighted by Gasteiger charge is -2.18. The van der Waals surface area contributed by atoms with Gasteiger partial charge in [0.15, 0.2) is 37.7 Å². The van der Waals surface area contributed by atoms with E-state index in [0.29, 0.717) is 52.7 Å². The highest BCUT2D eigenvalue weighted by atomic mass is 32.2. The third kappa shape index (κ3) is 20.1. The Morgan fingerprint density at radius 3 is 1.44 bits per heavy atom. The highest BCUT2D eigenvalue weighted by Gasteiger charge is 2.25. The van der Waals surface area contributed by atoms with E-state index >= 15 is 0 Å². The number of carbonyl (C=O) groups is 3. The number of aromatic nitrogens is 8. The van der Waals surface area contributed by atoms with Gasteiger partial charge in [-0.25, -0.2) is 9.97 Å². The normalized spacial score (nSPS) is 11.5. The van der Waals surface area contributed by atoms with E-state index in [0.717, 1.165) is 35.3 Å². The Labute approximate surface area is 351 Å². The molecule has 0 aliphatic heterocycles. The number of nitrogens with zero attached hydrogens (tertiary/aromatic N) is 8. The Kier molecular flexibility index (Phi) is 23.4. The van der Waals surface area contributed by atoms with Crippen LogP contribution in [0.5, 0.6) is 11.8 Å². The Morgan fingerprint density at radius 2 is 1.08 bits per heavy atom. The molecule has 0 bridgehead atoms. The molecular formula is C30H48N10O14P2S3. The van der Waals surface area contributed by atoms with Crippen LogP contribution in [0.2, 0.25) is 0 Å². The van der Waals surface area contributed by atoms with Gasteiger partial charge in [0.1, 0.15) is 12.7 Å². The van der Waals surface area contributed by atoms with Gasteiger partial charge in [0.05, 0.1) is 59.9 Å². The van der Waals surface area contributed by atoms with Crippen molar-refractivity contribution in [3.63, 3.8) is 0 Å². The van der Waals surface area contributed by atoms with Gasteiger partial charge in [-0.3, -0.25) is 23.5 Å². The molecular weight excluding hydrogens is 883 g/mol. The Hall–Kier alpha value is -3.46. The van der Waals surface area contributed by atoms with Gasteiger partial charge in [-0.2, -0.15) is 19.9 Å². The van der Waals surface area contributed by atoms with E-state index in [2.05, 4.69) is 29.9 Å². The first-order chi connectivity index (χ1) is 27.9. The molecule has 330 valence electrons. The summed E-state index contributed by atoms with van der Waals surface area (Å²) >= 11 is 3.27. The monoisotopic (exact) mass is 930 g/mol. The molecule has 7 N–H and O–H groups in total. The summed E-state index contributed by atoms with van der Waals surface area (Å²) in [6, 6.07) is 0. The number of aliphatic hydroxyl groups is 1. The Balaban J connectivity index is 0.000000375. The highest BCUT2D eigenvalue weighted by Crippen LogP contribution is 2.48. The molecule has 0 aromatic carbocycles. The lowest BCUT2D eigenvalue weighted by Crippen LogP contribution is -2.11. The van der Waals surface area contributed by atoms with Gasteiger partial charge < -0.3 is 63.5 Å². The van der Waals surface area contributed by atoms with Crippen molar-refractivity contribution in [1.82, 2.24) is 39.0 Å². The van der Waals surface area contributed by atoms with Crippen molar-refractivity contribution in [2.24, 2.45) is 0 Å². The second kappa shape index (κ2) is 26.7. The zero-order chi connectivity index (χ0) is 44.0. The zero-order valence-corrected chi connectivity index (χ0v) is 37.1. The fourth-order valence-electron chi connectivity index (χ4n) is 4.19. The van der Waals surface area contributed by atoms with Crippen molar-refractivity contribution in [2.75, 3.05) is 88.7 Å². The average molecular weight is 931 g/mol. The van der Waals surface area contributed by atoms with Crippen molar-refractivity contribution in [3.8, 4) is 11.8 Å². The van der Waals surface area contributed by atoms with Crippen LogP contribution >= 0.6 is 50.5 Å². The van der Waals surface area contributed by atoms with Crippen molar-refractivity contribution in [1.29, 1.82) is 0 Å². The maximum absolute atomic E-state index is 13.0. The SMILES string of the molecule is CC(=O)SCCO.COc1nc(N)nc2c1ncn2CCOCP(=O)(O)O.COc1nc(N)nc2c1ncn2CCOCP(=O)(OCCSC(C)=O)OCCSC(C)=O. The Morgan fingerprint density at radius 1 is 0.678 bits per heavy atom. The van der Waals surface area contributed by atoms with E-state index < -0.39 is 21.5 Å². The summed E-state index contributed by atoms with van der Waals surface area (Å²) in [5, 5.41) is 8.08. The number of hydrogen-bond acceptors (Lipinski definition) is 23. The lowest BCUT2D eigenvalue weighted by atomic mass is 10.5. The smallest absolute Gasteiger partial charge is 0.356 e. The van der Waals surface area contributed by atoms with Crippen molar-refractivity contribution >= 4 is 100 Å². The van der Waals surface area contributed by atoms with E-state index in [4.69, 9.17) is 54.4 Å².